The van der Waals surface area contributed by atoms with Crippen molar-refractivity contribution in [1.29, 1.82) is 0 Å². The van der Waals surface area contributed by atoms with Crippen LogP contribution < -0.4 is 25.4 Å². The fourth-order valence-electron chi connectivity index (χ4n) is 3.71. The summed E-state index contributed by atoms with van der Waals surface area (Å²) in [7, 11) is 3.11. The van der Waals surface area contributed by atoms with Gasteiger partial charge in [-0.05, 0) is 49.1 Å². The standard InChI is InChI=1S/C23H25N3O5S/c1-29-14-8-9-18(30-2)17(11-14)25-22(28)21-16-6-3-7-19(16)32-23(21)26-20(27)13-24-12-15-5-4-10-31-15/h4-5,8-11,24H,3,6-7,12-13H2,1-2H3,(H,25,28)(H,26,27). The van der Waals surface area contributed by atoms with Crippen molar-refractivity contribution < 1.29 is 23.5 Å². The molecule has 0 bridgehead atoms. The molecule has 0 aliphatic heterocycles. The molecule has 0 radical (unpaired) electrons. The van der Waals surface area contributed by atoms with Crippen molar-refractivity contribution in [3.8, 4) is 11.5 Å². The van der Waals surface area contributed by atoms with E-state index in [9.17, 15) is 9.59 Å². The van der Waals surface area contributed by atoms with Crippen molar-refractivity contribution in [2.45, 2.75) is 25.8 Å². The minimum absolute atomic E-state index is 0.105. The van der Waals surface area contributed by atoms with Crippen LogP contribution in [0.3, 0.4) is 0 Å². The number of rotatable bonds is 9. The lowest BCUT2D eigenvalue weighted by molar-refractivity contribution is -0.115. The van der Waals surface area contributed by atoms with Gasteiger partial charge in [-0.15, -0.1) is 11.3 Å². The molecule has 2 amide bonds. The van der Waals surface area contributed by atoms with E-state index in [2.05, 4.69) is 16.0 Å². The Morgan fingerprint density at radius 2 is 2.00 bits per heavy atom. The first-order chi connectivity index (χ1) is 15.6. The number of aryl methyl sites for hydroxylation is 1. The molecule has 1 aliphatic rings. The second-order valence-electron chi connectivity index (χ2n) is 7.31. The van der Waals surface area contributed by atoms with E-state index in [1.807, 2.05) is 6.07 Å². The van der Waals surface area contributed by atoms with Crippen LogP contribution in [0.4, 0.5) is 10.7 Å². The van der Waals surface area contributed by atoms with E-state index in [1.54, 1.807) is 44.7 Å². The Bertz CT molecular complexity index is 1110. The number of anilines is 2. The summed E-state index contributed by atoms with van der Waals surface area (Å²) in [6.07, 6.45) is 4.32. The van der Waals surface area contributed by atoms with Crippen molar-refractivity contribution in [1.82, 2.24) is 5.32 Å². The molecular formula is C23H25N3O5S. The van der Waals surface area contributed by atoms with Gasteiger partial charge in [0, 0.05) is 10.9 Å². The minimum atomic E-state index is -0.283. The monoisotopic (exact) mass is 455 g/mol. The van der Waals surface area contributed by atoms with E-state index in [1.165, 1.54) is 11.3 Å². The number of amides is 2. The number of fused-ring (bicyclic) bond motifs is 1. The Balaban J connectivity index is 1.50. The fourth-order valence-corrected chi connectivity index (χ4v) is 5.02. The van der Waals surface area contributed by atoms with Crippen LogP contribution in [0.15, 0.2) is 41.0 Å². The van der Waals surface area contributed by atoms with Crippen molar-refractivity contribution in [2.75, 3.05) is 31.4 Å². The zero-order valence-corrected chi connectivity index (χ0v) is 18.8. The maximum absolute atomic E-state index is 13.3. The highest BCUT2D eigenvalue weighted by molar-refractivity contribution is 7.17. The fraction of sp³-hybridized carbons (Fsp3) is 0.304. The van der Waals surface area contributed by atoms with Gasteiger partial charge in [0.1, 0.15) is 22.3 Å². The van der Waals surface area contributed by atoms with Crippen molar-refractivity contribution >= 4 is 33.8 Å². The molecule has 3 aromatic rings. The van der Waals surface area contributed by atoms with Crippen LogP contribution in [0.25, 0.3) is 0 Å². The smallest absolute Gasteiger partial charge is 0.259 e. The largest absolute Gasteiger partial charge is 0.497 e. The van der Waals surface area contributed by atoms with Gasteiger partial charge in [0.05, 0.1) is 44.8 Å². The van der Waals surface area contributed by atoms with Crippen LogP contribution in [-0.4, -0.2) is 32.6 Å². The van der Waals surface area contributed by atoms with Gasteiger partial charge in [0.15, 0.2) is 0 Å². The highest BCUT2D eigenvalue weighted by Gasteiger charge is 2.28. The molecule has 0 atom stereocenters. The van der Waals surface area contributed by atoms with Gasteiger partial charge in [0.2, 0.25) is 5.91 Å². The molecule has 0 spiro atoms. The molecule has 9 heteroatoms. The third-order valence-corrected chi connectivity index (χ3v) is 6.43. The average molecular weight is 456 g/mol. The number of carbonyl (C=O) groups excluding carboxylic acids is 2. The molecule has 168 valence electrons. The number of ether oxygens (including phenoxy) is 2. The third kappa shape index (κ3) is 4.79. The van der Waals surface area contributed by atoms with Crippen molar-refractivity contribution in [2.24, 2.45) is 0 Å². The molecule has 1 aliphatic carbocycles. The Kier molecular flexibility index (Phi) is 6.77. The van der Waals surface area contributed by atoms with Gasteiger partial charge in [-0.1, -0.05) is 0 Å². The van der Waals surface area contributed by atoms with E-state index in [-0.39, 0.29) is 18.4 Å². The van der Waals surface area contributed by atoms with Crippen molar-refractivity contribution in [3.05, 3.63) is 58.4 Å². The molecule has 32 heavy (non-hydrogen) atoms. The summed E-state index contributed by atoms with van der Waals surface area (Å²) in [5, 5.41) is 9.44. The Morgan fingerprint density at radius 3 is 2.75 bits per heavy atom. The maximum Gasteiger partial charge on any atom is 0.259 e. The quantitative estimate of drug-likeness (QED) is 0.453. The average Bonchev–Trinajstić information content (AvgIpc) is 3.51. The highest BCUT2D eigenvalue weighted by atomic mass is 32.1. The molecule has 2 heterocycles. The second kappa shape index (κ2) is 9.88. The van der Waals surface area contributed by atoms with E-state index in [4.69, 9.17) is 13.9 Å². The molecule has 3 N–H and O–H groups in total. The first kappa shape index (κ1) is 21.9. The van der Waals surface area contributed by atoms with Crippen LogP contribution in [0.2, 0.25) is 0 Å². The highest BCUT2D eigenvalue weighted by Crippen LogP contribution is 2.40. The summed E-state index contributed by atoms with van der Waals surface area (Å²) in [4.78, 5) is 27.0. The van der Waals surface area contributed by atoms with Crippen LogP contribution >= 0.6 is 11.3 Å². The van der Waals surface area contributed by atoms with E-state index in [0.29, 0.717) is 34.3 Å². The summed E-state index contributed by atoms with van der Waals surface area (Å²) in [6.45, 7) is 0.554. The van der Waals surface area contributed by atoms with Crippen LogP contribution in [0.5, 0.6) is 11.5 Å². The lowest BCUT2D eigenvalue weighted by Crippen LogP contribution is -2.28. The summed E-state index contributed by atoms with van der Waals surface area (Å²) >= 11 is 1.47. The Morgan fingerprint density at radius 1 is 1.12 bits per heavy atom. The number of thiophene rings is 1. The van der Waals surface area contributed by atoms with Gasteiger partial charge in [0.25, 0.3) is 5.91 Å². The predicted octanol–water partition coefficient (Wildman–Crippen LogP) is 3.83. The molecule has 0 fully saturated rings. The van der Waals surface area contributed by atoms with Gasteiger partial charge in [-0.2, -0.15) is 0 Å². The number of hydrogen-bond donors (Lipinski definition) is 3. The summed E-state index contributed by atoms with van der Waals surface area (Å²) in [5.41, 5.74) is 2.03. The van der Waals surface area contributed by atoms with Crippen LogP contribution in [0.1, 0.15) is 33.0 Å². The number of carbonyl (C=O) groups is 2. The zero-order valence-electron chi connectivity index (χ0n) is 17.9. The summed E-state index contributed by atoms with van der Waals surface area (Å²) in [6, 6.07) is 8.84. The molecule has 8 nitrogen and oxygen atoms in total. The minimum Gasteiger partial charge on any atom is -0.497 e. The number of benzene rings is 1. The van der Waals surface area contributed by atoms with Gasteiger partial charge in [-0.25, -0.2) is 0 Å². The van der Waals surface area contributed by atoms with E-state index < -0.39 is 0 Å². The predicted molar refractivity (Wildman–Crippen MR) is 123 cm³/mol. The maximum atomic E-state index is 13.3. The first-order valence-corrected chi connectivity index (χ1v) is 11.1. The molecule has 0 saturated heterocycles. The van der Waals surface area contributed by atoms with Crippen LogP contribution in [0, 0.1) is 0 Å². The molecule has 1 aromatic carbocycles. The Labute approximate surface area is 189 Å². The second-order valence-corrected chi connectivity index (χ2v) is 8.42. The topological polar surface area (TPSA) is 102 Å². The number of hydrogen-bond acceptors (Lipinski definition) is 7. The molecule has 0 saturated carbocycles. The van der Waals surface area contributed by atoms with Gasteiger partial charge < -0.3 is 29.8 Å². The van der Waals surface area contributed by atoms with E-state index in [0.717, 1.165) is 35.5 Å². The molecule has 0 unspecified atom stereocenters. The van der Waals surface area contributed by atoms with Crippen molar-refractivity contribution in [3.63, 3.8) is 0 Å². The Hall–Kier alpha value is -3.30. The van der Waals surface area contributed by atoms with E-state index >= 15 is 0 Å². The normalized spacial score (nSPS) is 12.3. The lowest BCUT2D eigenvalue weighted by atomic mass is 10.1. The summed E-state index contributed by atoms with van der Waals surface area (Å²) < 4.78 is 15.9. The molecular weight excluding hydrogens is 430 g/mol. The van der Waals surface area contributed by atoms with Gasteiger partial charge in [-0.3, -0.25) is 9.59 Å². The lowest BCUT2D eigenvalue weighted by Gasteiger charge is -2.13. The third-order valence-electron chi connectivity index (χ3n) is 5.22. The number of furan rings is 1. The zero-order chi connectivity index (χ0) is 22.5. The number of nitrogens with one attached hydrogen (secondary N) is 3. The number of methoxy groups -OCH3 is 2. The molecule has 4 rings (SSSR count). The first-order valence-electron chi connectivity index (χ1n) is 10.3. The summed E-state index contributed by atoms with van der Waals surface area (Å²) in [5.74, 6) is 1.38. The SMILES string of the molecule is COc1ccc(OC)c(NC(=O)c2c(NC(=O)CNCc3ccco3)sc3c2CCC3)c1. The van der Waals surface area contributed by atoms with Gasteiger partial charge >= 0.3 is 0 Å². The van der Waals surface area contributed by atoms with Crippen LogP contribution in [-0.2, 0) is 24.2 Å². The molecule has 2 aromatic heterocycles.